The van der Waals surface area contributed by atoms with Gasteiger partial charge in [-0.3, -0.25) is 19.7 Å². The van der Waals surface area contributed by atoms with Crippen molar-refractivity contribution in [1.29, 1.82) is 0 Å². The highest BCUT2D eigenvalue weighted by molar-refractivity contribution is 5.86. The van der Waals surface area contributed by atoms with Gasteiger partial charge >= 0.3 is 0 Å². The number of aromatic nitrogens is 3. The third kappa shape index (κ3) is 8.49. The van der Waals surface area contributed by atoms with Gasteiger partial charge in [0.15, 0.2) is 0 Å². The summed E-state index contributed by atoms with van der Waals surface area (Å²) in [4.78, 5) is 22.7. The molecule has 3 heterocycles. The van der Waals surface area contributed by atoms with Gasteiger partial charge in [0.05, 0.1) is 12.1 Å². The Hall–Kier alpha value is -2.64. The molecule has 194 valence electrons. The van der Waals surface area contributed by atoms with Crippen LogP contribution in [-0.4, -0.2) is 39.1 Å². The molecule has 0 amide bonds. The predicted octanol–water partition coefficient (Wildman–Crippen LogP) is 5.42. The minimum absolute atomic E-state index is 0. The first-order chi connectivity index (χ1) is 16.1. The van der Waals surface area contributed by atoms with Crippen molar-refractivity contribution in [2.24, 2.45) is 7.05 Å². The molecule has 9 heteroatoms. The molecule has 0 saturated carbocycles. The molecule has 0 aliphatic carbocycles. The van der Waals surface area contributed by atoms with Crippen LogP contribution in [0, 0.1) is 6.92 Å². The average Bonchev–Trinajstić information content (AvgIpc) is 2.84. The first-order valence-corrected chi connectivity index (χ1v) is 11.3. The topological polar surface area (TPSA) is 60.3 Å². The van der Waals surface area contributed by atoms with Crippen molar-refractivity contribution in [1.82, 2.24) is 19.4 Å². The molecule has 0 atom stereocenters. The lowest BCUT2D eigenvalue weighted by Crippen LogP contribution is -2.28. The first kappa shape index (κ1) is 31.4. The van der Waals surface area contributed by atoms with Crippen molar-refractivity contribution in [3.63, 3.8) is 0 Å². The standard InChI is InChI=1S/C27H30N4O2.3ClH/c1-21-18-29-13-10-24(21)20-31(15-11-22-5-3-12-28-19-22)14-4-16-33-25-7-8-26-23(17-25)6-9-27(32)30(26)2;;;/h3,5-10,12-13,17-19H,4,11,14-16,20H2,1-2H3;3*1H. The minimum Gasteiger partial charge on any atom is -0.494 e. The molecule has 0 spiro atoms. The van der Waals surface area contributed by atoms with Crippen LogP contribution >= 0.6 is 37.2 Å². The van der Waals surface area contributed by atoms with E-state index < -0.39 is 0 Å². The molecule has 1 aromatic carbocycles. The number of hydrogen-bond acceptors (Lipinski definition) is 5. The number of pyridine rings is 3. The monoisotopic (exact) mass is 550 g/mol. The zero-order valence-corrected chi connectivity index (χ0v) is 23.0. The molecule has 4 aromatic rings. The molecule has 4 rings (SSSR count). The quantitative estimate of drug-likeness (QED) is 0.247. The smallest absolute Gasteiger partial charge is 0.250 e. The van der Waals surface area contributed by atoms with Crippen molar-refractivity contribution in [3.05, 3.63) is 100 Å². The Bertz CT molecular complexity index is 1270. The third-order valence-corrected chi connectivity index (χ3v) is 5.95. The zero-order valence-electron chi connectivity index (χ0n) is 20.5. The molecule has 0 aliphatic rings. The first-order valence-electron chi connectivity index (χ1n) is 11.3. The summed E-state index contributed by atoms with van der Waals surface area (Å²) < 4.78 is 7.69. The van der Waals surface area contributed by atoms with E-state index in [0.29, 0.717) is 6.61 Å². The number of hydrogen-bond donors (Lipinski definition) is 0. The van der Waals surface area contributed by atoms with Gasteiger partial charge in [0.1, 0.15) is 5.75 Å². The van der Waals surface area contributed by atoms with Gasteiger partial charge in [-0.05, 0) is 72.9 Å². The second-order valence-corrected chi connectivity index (χ2v) is 8.34. The van der Waals surface area contributed by atoms with Gasteiger partial charge in [0, 0.05) is 62.9 Å². The fourth-order valence-electron chi connectivity index (χ4n) is 3.95. The molecule has 6 nitrogen and oxygen atoms in total. The van der Waals surface area contributed by atoms with Crippen LogP contribution in [0.15, 0.2) is 78.1 Å². The molecule has 0 aliphatic heterocycles. The van der Waals surface area contributed by atoms with Gasteiger partial charge in [-0.25, -0.2) is 0 Å². The predicted molar refractivity (Wildman–Crippen MR) is 153 cm³/mol. The molecule has 0 saturated heterocycles. The Kier molecular flexibility index (Phi) is 13.5. The van der Waals surface area contributed by atoms with Crippen molar-refractivity contribution in [3.8, 4) is 5.75 Å². The van der Waals surface area contributed by atoms with E-state index in [1.807, 2.05) is 55.1 Å². The normalized spacial score (nSPS) is 10.3. The maximum Gasteiger partial charge on any atom is 0.250 e. The van der Waals surface area contributed by atoms with Gasteiger partial charge in [-0.2, -0.15) is 0 Å². The lowest BCUT2D eigenvalue weighted by molar-refractivity contribution is 0.229. The molecule has 0 radical (unpaired) electrons. The summed E-state index contributed by atoms with van der Waals surface area (Å²) in [5.41, 5.74) is 4.66. The fourth-order valence-corrected chi connectivity index (χ4v) is 3.95. The van der Waals surface area contributed by atoms with E-state index in [0.717, 1.165) is 49.1 Å². The zero-order chi connectivity index (χ0) is 23.0. The van der Waals surface area contributed by atoms with Crippen molar-refractivity contribution in [2.75, 3.05) is 19.7 Å². The van der Waals surface area contributed by atoms with E-state index in [4.69, 9.17) is 4.74 Å². The molecule has 0 unspecified atom stereocenters. The van der Waals surface area contributed by atoms with E-state index in [2.05, 4.69) is 33.9 Å². The van der Waals surface area contributed by atoms with Crippen LogP contribution in [0.5, 0.6) is 5.75 Å². The summed E-state index contributed by atoms with van der Waals surface area (Å²) in [6.07, 6.45) is 9.41. The molecule has 0 bridgehead atoms. The van der Waals surface area contributed by atoms with E-state index in [1.165, 1.54) is 16.7 Å². The number of nitrogens with zero attached hydrogens (tertiary/aromatic N) is 4. The average molecular weight is 552 g/mol. The van der Waals surface area contributed by atoms with Gasteiger partial charge in [-0.15, -0.1) is 37.2 Å². The summed E-state index contributed by atoms with van der Waals surface area (Å²) in [5.74, 6) is 0.827. The minimum atomic E-state index is -0.00743. The Labute approximate surface area is 231 Å². The van der Waals surface area contributed by atoms with Gasteiger partial charge in [0.25, 0.3) is 5.56 Å². The van der Waals surface area contributed by atoms with Crippen LogP contribution in [0.25, 0.3) is 10.9 Å². The highest BCUT2D eigenvalue weighted by Gasteiger charge is 2.09. The van der Waals surface area contributed by atoms with Crippen LogP contribution in [-0.2, 0) is 20.0 Å². The Morgan fingerprint density at radius 1 is 0.944 bits per heavy atom. The molecule has 3 aromatic heterocycles. The highest BCUT2D eigenvalue weighted by Crippen LogP contribution is 2.19. The number of halogens is 3. The molecular formula is C27H33Cl3N4O2. The lowest BCUT2D eigenvalue weighted by atomic mass is 10.1. The molecule has 0 fully saturated rings. The lowest BCUT2D eigenvalue weighted by Gasteiger charge is -2.23. The van der Waals surface area contributed by atoms with Crippen molar-refractivity contribution < 1.29 is 4.74 Å². The Morgan fingerprint density at radius 2 is 1.75 bits per heavy atom. The molecule has 0 N–H and O–H groups in total. The summed E-state index contributed by atoms with van der Waals surface area (Å²) in [6, 6.07) is 15.5. The Balaban J connectivity index is 0.00000216. The van der Waals surface area contributed by atoms with E-state index in [9.17, 15) is 4.79 Å². The highest BCUT2D eigenvalue weighted by atomic mass is 35.5. The number of ether oxygens (including phenoxy) is 1. The van der Waals surface area contributed by atoms with Crippen LogP contribution in [0.3, 0.4) is 0 Å². The van der Waals surface area contributed by atoms with E-state index in [1.54, 1.807) is 17.7 Å². The third-order valence-electron chi connectivity index (χ3n) is 5.95. The van der Waals surface area contributed by atoms with Crippen LogP contribution in [0.4, 0.5) is 0 Å². The van der Waals surface area contributed by atoms with Gasteiger partial charge in [0.2, 0.25) is 0 Å². The van der Waals surface area contributed by atoms with Crippen LogP contribution in [0.2, 0.25) is 0 Å². The summed E-state index contributed by atoms with van der Waals surface area (Å²) in [7, 11) is 1.79. The van der Waals surface area contributed by atoms with Crippen molar-refractivity contribution >= 4 is 48.1 Å². The van der Waals surface area contributed by atoms with Crippen LogP contribution in [0.1, 0.15) is 23.1 Å². The Morgan fingerprint density at radius 3 is 2.50 bits per heavy atom. The summed E-state index contributed by atoms with van der Waals surface area (Å²) >= 11 is 0. The molecular weight excluding hydrogens is 519 g/mol. The molecule has 36 heavy (non-hydrogen) atoms. The maximum atomic E-state index is 11.8. The van der Waals surface area contributed by atoms with Crippen molar-refractivity contribution in [2.45, 2.75) is 26.3 Å². The second-order valence-electron chi connectivity index (χ2n) is 8.34. The van der Waals surface area contributed by atoms with Gasteiger partial charge in [-0.1, -0.05) is 6.07 Å². The van der Waals surface area contributed by atoms with Gasteiger partial charge < -0.3 is 9.30 Å². The largest absolute Gasteiger partial charge is 0.494 e. The van der Waals surface area contributed by atoms with Crippen LogP contribution < -0.4 is 10.3 Å². The number of benzene rings is 1. The number of fused-ring (bicyclic) bond motifs is 1. The number of rotatable bonds is 10. The van der Waals surface area contributed by atoms with E-state index in [-0.39, 0.29) is 42.8 Å². The fraction of sp³-hybridized carbons (Fsp3) is 0.296. The summed E-state index contributed by atoms with van der Waals surface area (Å²) in [5, 5.41) is 1.00. The summed E-state index contributed by atoms with van der Waals surface area (Å²) in [6.45, 7) is 5.52. The SMILES string of the molecule is Cc1cnccc1CN(CCCOc1ccc2c(ccc(=O)n2C)c1)CCc1cccnc1.Cl.Cl.Cl. The maximum absolute atomic E-state index is 11.8. The second kappa shape index (κ2) is 15.5. The van der Waals surface area contributed by atoms with E-state index >= 15 is 0 Å². The number of aryl methyl sites for hydroxylation is 2.